The Kier molecular flexibility index (Phi) is 6.33. The maximum absolute atomic E-state index is 13.3. The molecule has 1 amide bonds. The molecule has 1 aliphatic rings. The Balaban J connectivity index is 1.51. The van der Waals surface area contributed by atoms with E-state index in [0.717, 1.165) is 5.56 Å². The summed E-state index contributed by atoms with van der Waals surface area (Å²) in [7, 11) is -3.08. The van der Waals surface area contributed by atoms with Gasteiger partial charge in [-0.25, -0.2) is 12.8 Å². The fourth-order valence-corrected chi connectivity index (χ4v) is 4.86. The summed E-state index contributed by atoms with van der Waals surface area (Å²) in [4.78, 5) is 19.5. The van der Waals surface area contributed by atoms with Crippen molar-refractivity contribution in [2.75, 3.05) is 24.6 Å². The molecule has 1 N–H and O–H groups in total. The largest absolute Gasteiger partial charge is 0.343 e. The Labute approximate surface area is 185 Å². The molecule has 1 saturated heterocycles. The van der Waals surface area contributed by atoms with Crippen molar-refractivity contribution in [2.24, 2.45) is 0 Å². The molecule has 32 heavy (non-hydrogen) atoms. The van der Waals surface area contributed by atoms with Crippen molar-refractivity contribution < 1.29 is 22.1 Å². The smallest absolute Gasteiger partial charge is 0.249 e. The molecular weight excluding hydrogens is 435 g/mol. The van der Waals surface area contributed by atoms with Crippen molar-refractivity contribution in [1.29, 1.82) is 0 Å². The van der Waals surface area contributed by atoms with E-state index in [1.165, 1.54) is 12.1 Å². The van der Waals surface area contributed by atoms with E-state index in [4.69, 9.17) is 4.52 Å². The zero-order valence-electron chi connectivity index (χ0n) is 17.4. The van der Waals surface area contributed by atoms with E-state index < -0.39 is 21.9 Å². The van der Waals surface area contributed by atoms with E-state index in [1.54, 1.807) is 19.1 Å². The number of sulfone groups is 1. The van der Waals surface area contributed by atoms with E-state index in [9.17, 15) is 17.6 Å². The second-order valence-corrected chi connectivity index (χ2v) is 10.00. The van der Waals surface area contributed by atoms with Gasteiger partial charge in [0.15, 0.2) is 9.84 Å². The molecule has 0 saturated carbocycles. The van der Waals surface area contributed by atoms with Gasteiger partial charge in [0.2, 0.25) is 17.6 Å². The fraction of sp³-hybridized carbons (Fsp3) is 0.318. The van der Waals surface area contributed by atoms with Crippen LogP contribution in [0.3, 0.4) is 0 Å². The lowest BCUT2D eigenvalue weighted by Gasteiger charge is -2.34. The summed E-state index contributed by atoms with van der Waals surface area (Å²) in [6.07, 6.45) is 0. The molecular formula is C22H23FN4O4S. The average molecular weight is 459 g/mol. The number of hydrogen-bond acceptors (Lipinski definition) is 7. The normalized spacial score (nSPS) is 18.1. The van der Waals surface area contributed by atoms with Gasteiger partial charge in [0.25, 0.3) is 0 Å². The van der Waals surface area contributed by atoms with Crippen molar-refractivity contribution in [3.8, 4) is 11.4 Å². The molecule has 1 aliphatic heterocycles. The van der Waals surface area contributed by atoms with Gasteiger partial charge in [-0.3, -0.25) is 9.69 Å². The highest BCUT2D eigenvalue weighted by atomic mass is 32.2. The van der Waals surface area contributed by atoms with Crippen molar-refractivity contribution >= 4 is 15.7 Å². The second kappa shape index (κ2) is 9.17. The SMILES string of the molecule is CC(NC(=O)C(c1ccccc1)N1CCS(=O)(=O)CC1)c1nc(-c2ccc(F)cc2)no1. The summed E-state index contributed by atoms with van der Waals surface area (Å²) >= 11 is 0. The van der Waals surface area contributed by atoms with E-state index in [-0.39, 0.29) is 42.2 Å². The maximum Gasteiger partial charge on any atom is 0.249 e. The molecule has 0 bridgehead atoms. The van der Waals surface area contributed by atoms with Crippen molar-refractivity contribution in [2.45, 2.75) is 19.0 Å². The Morgan fingerprint density at radius 2 is 1.75 bits per heavy atom. The predicted molar refractivity (Wildman–Crippen MR) is 116 cm³/mol. The monoisotopic (exact) mass is 458 g/mol. The maximum atomic E-state index is 13.3. The van der Waals surface area contributed by atoms with E-state index in [0.29, 0.717) is 11.4 Å². The number of amides is 1. The van der Waals surface area contributed by atoms with Gasteiger partial charge in [0.05, 0.1) is 11.5 Å². The summed E-state index contributed by atoms with van der Waals surface area (Å²) in [5.74, 6) is -0.110. The minimum atomic E-state index is -3.08. The molecule has 0 radical (unpaired) electrons. The average Bonchev–Trinajstić information content (AvgIpc) is 3.27. The first-order valence-electron chi connectivity index (χ1n) is 10.2. The number of carbonyl (C=O) groups is 1. The molecule has 2 atom stereocenters. The molecule has 0 spiro atoms. The zero-order chi connectivity index (χ0) is 22.7. The number of halogens is 1. The van der Waals surface area contributed by atoms with Gasteiger partial charge in [-0.05, 0) is 36.8 Å². The number of nitrogens with zero attached hydrogens (tertiary/aromatic N) is 3. The Hall–Kier alpha value is -3.11. The molecule has 2 aromatic carbocycles. The third-order valence-corrected chi connectivity index (χ3v) is 6.99. The number of carbonyl (C=O) groups excluding carboxylic acids is 1. The molecule has 1 fully saturated rings. The highest BCUT2D eigenvalue weighted by Gasteiger charge is 2.33. The molecule has 168 valence electrons. The zero-order valence-corrected chi connectivity index (χ0v) is 18.3. The third-order valence-electron chi connectivity index (χ3n) is 5.38. The lowest BCUT2D eigenvalue weighted by atomic mass is 10.0. The number of benzene rings is 2. The number of rotatable bonds is 6. The standard InChI is InChI=1S/C22H23FN4O4S/c1-15(22-25-20(26-31-22)17-7-9-18(23)10-8-17)24-21(28)19(16-5-3-2-4-6-16)27-11-13-32(29,30)14-12-27/h2-10,15,19H,11-14H2,1H3,(H,24,28). The Morgan fingerprint density at radius 3 is 2.41 bits per heavy atom. The van der Waals surface area contributed by atoms with Gasteiger partial charge >= 0.3 is 0 Å². The quantitative estimate of drug-likeness (QED) is 0.605. The van der Waals surface area contributed by atoms with Gasteiger partial charge in [-0.2, -0.15) is 4.98 Å². The summed E-state index contributed by atoms with van der Waals surface area (Å²) < 4.78 is 42.1. The molecule has 4 rings (SSSR count). The minimum absolute atomic E-state index is 0.0177. The summed E-state index contributed by atoms with van der Waals surface area (Å²) in [6, 6.07) is 13.7. The van der Waals surface area contributed by atoms with Crippen LogP contribution in [0, 0.1) is 5.82 Å². The molecule has 8 nitrogen and oxygen atoms in total. The second-order valence-electron chi connectivity index (χ2n) is 7.69. The molecule has 2 unspecified atom stereocenters. The van der Waals surface area contributed by atoms with Crippen molar-refractivity contribution in [3.63, 3.8) is 0 Å². The molecule has 2 heterocycles. The van der Waals surface area contributed by atoms with E-state index in [1.807, 2.05) is 35.2 Å². The molecule has 3 aromatic rings. The van der Waals surface area contributed by atoms with Crippen molar-refractivity contribution in [1.82, 2.24) is 20.4 Å². The fourth-order valence-electron chi connectivity index (χ4n) is 3.63. The lowest BCUT2D eigenvalue weighted by molar-refractivity contribution is -0.127. The van der Waals surface area contributed by atoms with Gasteiger partial charge in [0, 0.05) is 18.7 Å². The Bertz CT molecular complexity index is 1170. The molecule has 1 aromatic heterocycles. The molecule has 10 heteroatoms. The third kappa shape index (κ3) is 5.03. The Morgan fingerprint density at radius 1 is 1.09 bits per heavy atom. The van der Waals surface area contributed by atoms with Gasteiger partial charge in [0.1, 0.15) is 17.9 Å². The van der Waals surface area contributed by atoms with Gasteiger partial charge in [-0.15, -0.1) is 0 Å². The predicted octanol–water partition coefficient (Wildman–Crippen LogP) is 2.52. The van der Waals surface area contributed by atoms with Crippen LogP contribution in [0.2, 0.25) is 0 Å². The highest BCUT2D eigenvalue weighted by molar-refractivity contribution is 7.91. The first-order valence-corrected chi connectivity index (χ1v) is 12.0. The van der Waals surface area contributed by atoms with Crippen LogP contribution in [-0.2, 0) is 14.6 Å². The van der Waals surface area contributed by atoms with E-state index in [2.05, 4.69) is 15.5 Å². The molecule has 0 aliphatic carbocycles. The number of hydrogen-bond donors (Lipinski definition) is 1. The topological polar surface area (TPSA) is 105 Å². The number of aromatic nitrogens is 2. The number of nitrogens with one attached hydrogen (secondary N) is 1. The van der Waals surface area contributed by atoms with Crippen LogP contribution >= 0.6 is 0 Å². The van der Waals surface area contributed by atoms with Crippen molar-refractivity contribution in [3.05, 3.63) is 71.9 Å². The van der Waals surface area contributed by atoms with Crippen LogP contribution in [0.5, 0.6) is 0 Å². The summed E-state index contributed by atoms with van der Waals surface area (Å²) in [6.45, 7) is 2.28. The van der Waals surface area contributed by atoms with Gasteiger partial charge < -0.3 is 9.84 Å². The summed E-state index contributed by atoms with van der Waals surface area (Å²) in [5, 5.41) is 6.82. The van der Waals surface area contributed by atoms with Crippen LogP contribution in [0.25, 0.3) is 11.4 Å². The lowest BCUT2D eigenvalue weighted by Crippen LogP contribution is -2.48. The first-order chi connectivity index (χ1) is 15.3. The van der Waals surface area contributed by atoms with Crippen LogP contribution in [-0.4, -0.2) is 54.0 Å². The first kappa shape index (κ1) is 22.1. The van der Waals surface area contributed by atoms with Crippen LogP contribution in [0.4, 0.5) is 4.39 Å². The highest BCUT2D eigenvalue weighted by Crippen LogP contribution is 2.25. The van der Waals surface area contributed by atoms with Crippen LogP contribution in [0.1, 0.15) is 30.5 Å². The van der Waals surface area contributed by atoms with Crippen LogP contribution in [0.15, 0.2) is 59.1 Å². The van der Waals surface area contributed by atoms with Gasteiger partial charge in [-0.1, -0.05) is 35.5 Å². The van der Waals surface area contributed by atoms with E-state index >= 15 is 0 Å². The van der Waals surface area contributed by atoms with Crippen LogP contribution < -0.4 is 5.32 Å². The summed E-state index contributed by atoms with van der Waals surface area (Å²) in [5.41, 5.74) is 1.37. The minimum Gasteiger partial charge on any atom is -0.343 e.